The number of piperidine rings is 1. The molecule has 1 N–H and O–H groups in total. The molecule has 0 saturated carbocycles. The van der Waals surface area contributed by atoms with Gasteiger partial charge in [-0.3, -0.25) is 9.69 Å². The summed E-state index contributed by atoms with van der Waals surface area (Å²) in [7, 11) is 0. The third kappa shape index (κ3) is 3.99. The number of hydrogen-bond donors (Lipinski definition) is 1. The second kappa shape index (κ2) is 7.93. The molecule has 1 heterocycles. The lowest BCUT2D eigenvalue weighted by Crippen LogP contribution is -2.44. The molecule has 0 bridgehead atoms. The Morgan fingerprint density at radius 3 is 2.59 bits per heavy atom. The van der Waals surface area contributed by atoms with Gasteiger partial charge in [-0.25, -0.2) is 0 Å². The summed E-state index contributed by atoms with van der Waals surface area (Å²) in [5.41, 5.74) is 4.05. The molecule has 3 nitrogen and oxygen atoms in total. The largest absolute Gasteiger partial charge is 0.480 e. The minimum Gasteiger partial charge on any atom is -0.480 e. The topological polar surface area (TPSA) is 40.5 Å². The number of carboxylic acid groups (broad SMARTS) is 1. The van der Waals surface area contributed by atoms with Crippen molar-refractivity contribution in [2.75, 3.05) is 13.1 Å². The minimum atomic E-state index is -0.699. The van der Waals surface area contributed by atoms with Crippen LogP contribution in [0.15, 0.2) is 28.2 Å². The van der Waals surface area contributed by atoms with Gasteiger partial charge in [0.05, 0.1) is 0 Å². The van der Waals surface area contributed by atoms with E-state index in [2.05, 4.69) is 52.0 Å². The van der Waals surface area contributed by atoms with Crippen LogP contribution >= 0.6 is 15.9 Å². The highest BCUT2D eigenvalue weighted by Gasteiger charge is 2.26. The molecule has 0 aliphatic carbocycles. The fourth-order valence-electron chi connectivity index (χ4n) is 3.16. The molecule has 0 radical (unpaired) electrons. The fourth-order valence-corrected chi connectivity index (χ4v) is 3.82. The van der Waals surface area contributed by atoms with Gasteiger partial charge in [0.1, 0.15) is 6.04 Å². The molecule has 0 spiro atoms. The van der Waals surface area contributed by atoms with Gasteiger partial charge < -0.3 is 5.11 Å². The van der Waals surface area contributed by atoms with Crippen molar-refractivity contribution in [1.82, 2.24) is 4.90 Å². The first kappa shape index (κ1) is 17.2. The molecule has 1 atom stereocenters. The number of rotatable bonds is 5. The number of benzene rings is 1. The van der Waals surface area contributed by atoms with Gasteiger partial charge in [0.25, 0.3) is 0 Å². The number of nitrogens with zero attached hydrogens (tertiary/aromatic N) is 1. The van der Waals surface area contributed by atoms with Gasteiger partial charge in [-0.1, -0.05) is 53.6 Å². The zero-order valence-electron chi connectivity index (χ0n) is 13.3. The number of likely N-dealkylation sites (tertiary alicyclic amines) is 1. The van der Waals surface area contributed by atoms with E-state index in [1.807, 2.05) is 6.92 Å². The molecule has 2 rings (SSSR count). The van der Waals surface area contributed by atoms with Gasteiger partial charge in [0.2, 0.25) is 0 Å². The molecule has 0 amide bonds. The maximum absolute atomic E-state index is 11.3. The van der Waals surface area contributed by atoms with E-state index >= 15 is 0 Å². The van der Waals surface area contributed by atoms with E-state index in [-0.39, 0.29) is 6.04 Å². The summed E-state index contributed by atoms with van der Waals surface area (Å²) in [4.78, 5) is 13.4. The van der Waals surface area contributed by atoms with Crippen LogP contribution in [0, 0.1) is 0 Å². The van der Waals surface area contributed by atoms with E-state index < -0.39 is 5.97 Å². The highest BCUT2D eigenvalue weighted by molar-refractivity contribution is 9.10. The van der Waals surface area contributed by atoms with Crippen molar-refractivity contribution < 1.29 is 9.90 Å². The first-order valence-corrected chi connectivity index (χ1v) is 8.79. The average molecular weight is 366 g/mol. The Morgan fingerprint density at radius 2 is 2.05 bits per heavy atom. The molecular formula is C18H24BrNO2. The summed E-state index contributed by atoms with van der Waals surface area (Å²) in [5.74, 6) is -0.699. The zero-order valence-corrected chi connectivity index (χ0v) is 14.9. The van der Waals surface area contributed by atoms with Crippen LogP contribution in [0.1, 0.15) is 44.2 Å². The predicted octanol–water partition coefficient (Wildman–Crippen LogP) is 4.35. The molecule has 0 aromatic heterocycles. The Labute approximate surface area is 141 Å². The molecule has 22 heavy (non-hydrogen) atoms. The quantitative estimate of drug-likeness (QED) is 0.842. The Balaban J connectivity index is 2.09. The lowest BCUT2D eigenvalue weighted by atomic mass is 9.96. The average Bonchev–Trinajstić information content (AvgIpc) is 2.49. The summed E-state index contributed by atoms with van der Waals surface area (Å²) in [6, 6.07) is 5.98. The Morgan fingerprint density at radius 1 is 1.36 bits per heavy atom. The van der Waals surface area contributed by atoms with Crippen LogP contribution in [-0.2, 0) is 11.2 Å². The number of carbonyl (C=O) groups is 1. The lowest BCUT2D eigenvalue weighted by molar-refractivity contribution is -0.143. The molecule has 1 aliphatic heterocycles. The van der Waals surface area contributed by atoms with Crippen LogP contribution in [0.4, 0.5) is 0 Å². The van der Waals surface area contributed by atoms with Crippen molar-refractivity contribution in [2.45, 2.75) is 45.6 Å². The van der Waals surface area contributed by atoms with Crippen molar-refractivity contribution in [1.29, 1.82) is 0 Å². The zero-order chi connectivity index (χ0) is 16.1. The standard InChI is InChI=1S/C18H24BrNO2/c1-3-15-14(6-5-7-16(15)19)12-13-8-10-20(11-9-13)17(4-2)18(21)22/h5-7,12,17H,3-4,8-11H2,1-2H3,(H,21,22). The van der Waals surface area contributed by atoms with Crippen LogP contribution in [-0.4, -0.2) is 35.1 Å². The number of halogens is 1. The second-order valence-corrected chi connectivity index (χ2v) is 6.62. The van der Waals surface area contributed by atoms with Crippen molar-refractivity contribution >= 4 is 28.0 Å². The van der Waals surface area contributed by atoms with E-state index in [0.717, 1.165) is 32.4 Å². The van der Waals surface area contributed by atoms with Crippen LogP contribution in [0.5, 0.6) is 0 Å². The van der Waals surface area contributed by atoms with E-state index in [1.165, 1.54) is 21.2 Å². The number of carboxylic acids is 1. The molecule has 4 heteroatoms. The first-order valence-electron chi connectivity index (χ1n) is 8.00. The predicted molar refractivity (Wildman–Crippen MR) is 94.0 cm³/mol. The summed E-state index contributed by atoms with van der Waals surface area (Å²) < 4.78 is 1.17. The van der Waals surface area contributed by atoms with Crippen LogP contribution in [0.3, 0.4) is 0 Å². The second-order valence-electron chi connectivity index (χ2n) is 5.76. The van der Waals surface area contributed by atoms with E-state index in [4.69, 9.17) is 0 Å². The molecule has 1 aliphatic rings. The summed E-state index contributed by atoms with van der Waals surface area (Å²) >= 11 is 3.62. The van der Waals surface area contributed by atoms with Crippen molar-refractivity contribution in [3.05, 3.63) is 39.4 Å². The SMILES string of the molecule is CCc1c(Br)cccc1C=C1CCN(C(CC)C(=O)O)CC1. The van der Waals surface area contributed by atoms with Gasteiger partial charge in [0.15, 0.2) is 0 Å². The minimum absolute atomic E-state index is 0.335. The monoisotopic (exact) mass is 365 g/mol. The van der Waals surface area contributed by atoms with Crippen molar-refractivity contribution in [3.8, 4) is 0 Å². The Hall–Kier alpha value is -1.13. The van der Waals surface area contributed by atoms with Gasteiger partial charge >= 0.3 is 5.97 Å². The van der Waals surface area contributed by atoms with Gasteiger partial charge in [-0.05, 0) is 42.9 Å². The normalized spacial score (nSPS) is 17.3. The molecule has 1 fully saturated rings. The summed E-state index contributed by atoms with van der Waals surface area (Å²) in [6.07, 6.45) is 5.88. The smallest absolute Gasteiger partial charge is 0.320 e. The van der Waals surface area contributed by atoms with E-state index in [0.29, 0.717) is 6.42 Å². The van der Waals surface area contributed by atoms with Gasteiger partial charge in [0, 0.05) is 17.6 Å². The maximum Gasteiger partial charge on any atom is 0.320 e. The van der Waals surface area contributed by atoms with E-state index in [9.17, 15) is 9.90 Å². The summed E-state index contributed by atoms with van der Waals surface area (Å²) in [6.45, 7) is 5.79. The first-order chi connectivity index (χ1) is 10.6. The maximum atomic E-state index is 11.3. The Kier molecular flexibility index (Phi) is 6.21. The van der Waals surface area contributed by atoms with Crippen LogP contribution < -0.4 is 0 Å². The van der Waals surface area contributed by atoms with Gasteiger partial charge in [-0.15, -0.1) is 0 Å². The molecule has 1 aromatic rings. The molecule has 1 saturated heterocycles. The highest BCUT2D eigenvalue weighted by Crippen LogP contribution is 2.26. The van der Waals surface area contributed by atoms with Gasteiger partial charge in [-0.2, -0.15) is 0 Å². The van der Waals surface area contributed by atoms with Crippen molar-refractivity contribution in [3.63, 3.8) is 0 Å². The van der Waals surface area contributed by atoms with Crippen LogP contribution in [0.25, 0.3) is 6.08 Å². The van der Waals surface area contributed by atoms with Crippen molar-refractivity contribution in [2.24, 2.45) is 0 Å². The molecule has 1 aromatic carbocycles. The highest BCUT2D eigenvalue weighted by atomic mass is 79.9. The lowest BCUT2D eigenvalue weighted by Gasteiger charge is -2.32. The van der Waals surface area contributed by atoms with E-state index in [1.54, 1.807) is 0 Å². The fraction of sp³-hybridized carbons (Fsp3) is 0.500. The van der Waals surface area contributed by atoms with Crippen LogP contribution in [0.2, 0.25) is 0 Å². The number of hydrogen-bond acceptors (Lipinski definition) is 2. The third-order valence-corrected chi connectivity index (χ3v) is 5.16. The Bertz CT molecular complexity index is 558. The molecule has 1 unspecified atom stereocenters. The molecule has 120 valence electrons. The number of aliphatic carboxylic acids is 1. The molecular weight excluding hydrogens is 342 g/mol. The third-order valence-electron chi connectivity index (χ3n) is 4.42. The summed E-state index contributed by atoms with van der Waals surface area (Å²) in [5, 5.41) is 9.26.